The maximum atomic E-state index is 13.5. The van der Waals surface area contributed by atoms with Crippen LogP contribution in [0.4, 0.5) is 15.9 Å². The van der Waals surface area contributed by atoms with Crippen molar-refractivity contribution in [2.75, 3.05) is 9.80 Å². The first-order valence-electron chi connectivity index (χ1n) is 10.4. The minimum atomic E-state index is -0.523. The molecule has 0 spiro atoms. The van der Waals surface area contributed by atoms with Crippen molar-refractivity contribution >= 4 is 11.5 Å². The van der Waals surface area contributed by atoms with Crippen LogP contribution >= 0.6 is 0 Å². The molecule has 3 atom stereocenters. The van der Waals surface area contributed by atoms with Gasteiger partial charge in [-0.1, -0.05) is 24.3 Å². The van der Waals surface area contributed by atoms with Gasteiger partial charge in [-0.15, -0.1) is 0 Å². The van der Waals surface area contributed by atoms with Gasteiger partial charge < -0.3 is 15.5 Å². The zero-order valence-electron chi connectivity index (χ0n) is 17.2. The number of hydrogen-bond donors (Lipinski definition) is 3. The minimum Gasteiger partial charge on any atom is -0.332 e. The second-order valence-electron chi connectivity index (χ2n) is 8.42. The van der Waals surface area contributed by atoms with Crippen LogP contribution in [0.2, 0.25) is 0 Å². The molecule has 0 bridgehead atoms. The third-order valence-electron chi connectivity index (χ3n) is 6.29. The SMILES string of the molecule is Cc1ccc2c(c1)N([C@@H](C)c1ccc(F)cc1)C(N)N(c1cc(C3CC3)[nH]n1)C2N. The smallest absolute Gasteiger partial charge is 0.158 e. The molecule has 2 aromatic carbocycles. The molecule has 2 aliphatic rings. The average Bonchev–Trinajstić information content (AvgIpc) is 3.46. The number of aromatic nitrogens is 2. The topological polar surface area (TPSA) is 87.2 Å². The zero-order valence-corrected chi connectivity index (χ0v) is 17.2. The molecule has 1 aliphatic carbocycles. The van der Waals surface area contributed by atoms with E-state index in [0.717, 1.165) is 33.9 Å². The molecule has 156 valence electrons. The highest BCUT2D eigenvalue weighted by Gasteiger charge is 2.39. The van der Waals surface area contributed by atoms with Gasteiger partial charge in [0.15, 0.2) is 12.1 Å². The largest absolute Gasteiger partial charge is 0.332 e. The second kappa shape index (κ2) is 7.11. The number of H-pyrrole nitrogens is 1. The molecule has 6 nitrogen and oxygen atoms in total. The fourth-order valence-corrected chi connectivity index (χ4v) is 4.40. The third kappa shape index (κ3) is 3.14. The van der Waals surface area contributed by atoms with Gasteiger partial charge >= 0.3 is 0 Å². The third-order valence-corrected chi connectivity index (χ3v) is 6.29. The van der Waals surface area contributed by atoms with Crippen molar-refractivity contribution in [3.05, 3.63) is 76.7 Å². The number of nitrogens with zero attached hydrogens (tertiary/aromatic N) is 3. The van der Waals surface area contributed by atoms with Gasteiger partial charge in [-0.3, -0.25) is 10.8 Å². The molecular formula is C23H27FN6. The number of rotatable bonds is 4. The molecular weight excluding hydrogens is 379 g/mol. The van der Waals surface area contributed by atoms with E-state index < -0.39 is 12.5 Å². The fraction of sp³-hybridized carbons (Fsp3) is 0.348. The Morgan fingerprint density at radius 3 is 2.53 bits per heavy atom. The molecule has 2 heterocycles. The summed E-state index contributed by atoms with van der Waals surface area (Å²) >= 11 is 0. The maximum Gasteiger partial charge on any atom is 0.158 e. The Morgan fingerprint density at radius 1 is 1.10 bits per heavy atom. The lowest BCUT2D eigenvalue weighted by molar-refractivity contribution is 0.445. The number of hydrogen-bond acceptors (Lipinski definition) is 5. The number of anilines is 2. The van der Waals surface area contributed by atoms with Crippen molar-refractivity contribution in [1.82, 2.24) is 10.2 Å². The van der Waals surface area contributed by atoms with Gasteiger partial charge in [0.25, 0.3) is 0 Å². The van der Waals surface area contributed by atoms with Gasteiger partial charge in [-0.25, -0.2) is 4.39 Å². The van der Waals surface area contributed by atoms with Crippen LogP contribution < -0.4 is 21.3 Å². The lowest BCUT2D eigenvalue weighted by Crippen LogP contribution is -2.61. The van der Waals surface area contributed by atoms with Crippen molar-refractivity contribution in [3.8, 4) is 0 Å². The molecule has 0 saturated heterocycles. The highest BCUT2D eigenvalue weighted by atomic mass is 19.1. The Balaban J connectivity index is 1.59. The van der Waals surface area contributed by atoms with E-state index in [1.54, 1.807) is 12.1 Å². The second-order valence-corrected chi connectivity index (χ2v) is 8.42. The van der Waals surface area contributed by atoms with Crippen LogP contribution in [-0.2, 0) is 0 Å². The van der Waals surface area contributed by atoms with E-state index in [1.807, 2.05) is 4.90 Å². The average molecular weight is 407 g/mol. The van der Waals surface area contributed by atoms with Gasteiger partial charge in [0, 0.05) is 28.9 Å². The molecule has 7 heteroatoms. The first-order valence-corrected chi connectivity index (χ1v) is 10.4. The van der Waals surface area contributed by atoms with E-state index in [4.69, 9.17) is 11.5 Å². The van der Waals surface area contributed by atoms with Crippen LogP contribution in [-0.4, -0.2) is 16.5 Å². The number of nitrogens with two attached hydrogens (primary N) is 2. The zero-order chi connectivity index (χ0) is 21.0. The Hall–Kier alpha value is -2.90. The summed E-state index contributed by atoms with van der Waals surface area (Å²) in [6.45, 7) is 4.13. The molecule has 1 aromatic heterocycles. The van der Waals surface area contributed by atoms with Crippen LogP contribution in [0.25, 0.3) is 0 Å². The molecule has 2 unspecified atom stereocenters. The summed E-state index contributed by atoms with van der Waals surface area (Å²) < 4.78 is 13.5. The summed E-state index contributed by atoms with van der Waals surface area (Å²) in [5.74, 6) is 1.06. The molecule has 0 amide bonds. The number of fused-ring (bicyclic) bond motifs is 1. The monoisotopic (exact) mass is 406 g/mol. The molecule has 3 aromatic rings. The quantitative estimate of drug-likeness (QED) is 0.609. The van der Waals surface area contributed by atoms with Gasteiger partial charge in [0.2, 0.25) is 0 Å². The standard InChI is InChI=1S/C23H27FN6/c1-13-3-10-18-20(11-13)29(14(2)15-6-8-17(24)9-7-15)23(26)30(22(18)25)21-12-19(27-28-21)16-4-5-16/h3,6-12,14,16,22-23H,4-5,25-26H2,1-2H3,(H,27,28)/t14-,22?,23?/m0/s1. The van der Waals surface area contributed by atoms with E-state index in [-0.39, 0.29) is 11.9 Å². The van der Waals surface area contributed by atoms with E-state index >= 15 is 0 Å². The summed E-state index contributed by atoms with van der Waals surface area (Å²) in [6.07, 6.45) is 1.44. The summed E-state index contributed by atoms with van der Waals surface area (Å²) in [5, 5.41) is 7.69. The number of benzene rings is 2. The highest BCUT2D eigenvalue weighted by Crippen LogP contribution is 2.44. The van der Waals surface area contributed by atoms with Gasteiger partial charge in [-0.05, 0) is 56.0 Å². The molecule has 0 radical (unpaired) electrons. The molecule has 30 heavy (non-hydrogen) atoms. The molecule has 5 N–H and O–H groups in total. The van der Waals surface area contributed by atoms with Crippen LogP contribution in [0.3, 0.4) is 0 Å². The fourth-order valence-electron chi connectivity index (χ4n) is 4.40. The normalized spacial score (nSPS) is 22.2. The number of aryl methyl sites for hydroxylation is 1. The lowest BCUT2D eigenvalue weighted by atomic mass is 9.98. The summed E-state index contributed by atoms with van der Waals surface area (Å²) in [4.78, 5) is 4.10. The van der Waals surface area contributed by atoms with Crippen LogP contribution in [0.1, 0.15) is 60.3 Å². The summed E-state index contributed by atoms with van der Waals surface area (Å²) in [6, 6.07) is 14.8. The van der Waals surface area contributed by atoms with Gasteiger partial charge in [0.1, 0.15) is 12.0 Å². The Labute approximate surface area is 175 Å². The number of aromatic amines is 1. The first kappa shape index (κ1) is 19.1. The summed E-state index contributed by atoms with van der Waals surface area (Å²) in [5.41, 5.74) is 18.8. The van der Waals surface area contributed by atoms with Crippen molar-refractivity contribution < 1.29 is 4.39 Å². The predicted molar refractivity (Wildman–Crippen MR) is 116 cm³/mol. The highest BCUT2D eigenvalue weighted by molar-refractivity contribution is 5.65. The first-order chi connectivity index (χ1) is 14.4. The Morgan fingerprint density at radius 2 is 1.83 bits per heavy atom. The van der Waals surface area contributed by atoms with Crippen molar-refractivity contribution in [1.29, 1.82) is 0 Å². The van der Waals surface area contributed by atoms with E-state index in [0.29, 0.717) is 5.92 Å². The number of nitrogens with one attached hydrogen (secondary N) is 1. The summed E-state index contributed by atoms with van der Waals surface area (Å²) in [7, 11) is 0. The molecule has 1 aliphatic heterocycles. The molecule has 1 fully saturated rings. The molecule has 1 saturated carbocycles. The van der Waals surface area contributed by atoms with Crippen LogP contribution in [0.5, 0.6) is 0 Å². The molecule has 5 rings (SSSR count). The van der Waals surface area contributed by atoms with Gasteiger partial charge in [0.05, 0.1) is 6.04 Å². The van der Waals surface area contributed by atoms with Crippen molar-refractivity contribution in [2.24, 2.45) is 11.5 Å². The van der Waals surface area contributed by atoms with Crippen LogP contribution in [0.15, 0.2) is 48.5 Å². The maximum absolute atomic E-state index is 13.5. The van der Waals surface area contributed by atoms with Gasteiger partial charge in [-0.2, -0.15) is 5.10 Å². The number of halogens is 1. The van der Waals surface area contributed by atoms with Crippen molar-refractivity contribution in [2.45, 2.75) is 51.1 Å². The Kier molecular flexibility index (Phi) is 4.52. The lowest BCUT2D eigenvalue weighted by Gasteiger charge is -2.49. The van der Waals surface area contributed by atoms with Crippen LogP contribution in [0, 0.1) is 12.7 Å². The minimum absolute atomic E-state index is 0.0852. The predicted octanol–water partition coefficient (Wildman–Crippen LogP) is 4.02. The van der Waals surface area contributed by atoms with E-state index in [1.165, 1.54) is 25.0 Å². The Bertz CT molecular complexity index is 1060. The van der Waals surface area contributed by atoms with E-state index in [2.05, 4.69) is 53.2 Å². The van der Waals surface area contributed by atoms with Crippen molar-refractivity contribution in [3.63, 3.8) is 0 Å². The van der Waals surface area contributed by atoms with E-state index in [9.17, 15) is 4.39 Å².